The molecule has 2 aromatic carbocycles. The second kappa shape index (κ2) is 8.73. The maximum atomic E-state index is 6.38. The molecule has 160 valence electrons. The van der Waals surface area contributed by atoms with Gasteiger partial charge in [0.05, 0.1) is 30.4 Å². The zero-order valence-electron chi connectivity index (χ0n) is 17.4. The SMILES string of the molecule is NC1CCC(N=C2NN3CCN=C3C(Nc3ccccc3)=C2c2cccc(Cl)c2)CC1. The standard InChI is InChI=1S/C24H27ClN6/c25-17-6-4-5-16(15-17)21-22(28-19-7-2-1-3-8-19)24-27-13-14-31(24)30-23(21)29-20-11-9-18(26)10-12-20/h1-8,15,18,20,28H,9-14,26H2,(H,29,30). The molecule has 2 aromatic rings. The van der Waals surface area contributed by atoms with Crippen molar-refractivity contribution in [2.45, 2.75) is 37.8 Å². The number of aliphatic imine (C=N–C) groups is 2. The number of amidine groups is 2. The number of nitrogens with one attached hydrogen (secondary N) is 2. The fourth-order valence-electron chi connectivity index (χ4n) is 4.40. The van der Waals surface area contributed by atoms with Gasteiger partial charge in [-0.2, -0.15) is 0 Å². The van der Waals surface area contributed by atoms with Crippen molar-refractivity contribution in [3.63, 3.8) is 0 Å². The van der Waals surface area contributed by atoms with Crippen molar-refractivity contribution < 1.29 is 0 Å². The Morgan fingerprint density at radius 3 is 2.65 bits per heavy atom. The fraction of sp³-hybridized carbons (Fsp3) is 0.333. The number of nitrogens with two attached hydrogens (primary N) is 1. The van der Waals surface area contributed by atoms with E-state index in [0.717, 1.165) is 73.0 Å². The number of benzene rings is 2. The molecule has 4 N–H and O–H groups in total. The van der Waals surface area contributed by atoms with Crippen LogP contribution in [0.3, 0.4) is 0 Å². The minimum absolute atomic E-state index is 0.260. The van der Waals surface area contributed by atoms with E-state index in [4.69, 9.17) is 27.3 Å². The van der Waals surface area contributed by atoms with Crippen LogP contribution in [0.1, 0.15) is 31.2 Å². The van der Waals surface area contributed by atoms with Crippen LogP contribution < -0.4 is 16.5 Å². The Bertz CT molecular complexity index is 1040. The average molecular weight is 435 g/mol. The molecule has 0 radical (unpaired) electrons. The lowest BCUT2D eigenvalue weighted by atomic mass is 9.92. The van der Waals surface area contributed by atoms with Gasteiger partial charge in [0.1, 0.15) is 5.84 Å². The molecular weight excluding hydrogens is 408 g/mol. The van der Waals surface area contributed by atoms with Crippen LogP contribution in [0.4, 0.5) is 5.69 Å². The molecule has 3 aliphatic rings. The van der Waals surface area contributed by atoms with Crippen LogP contribution >= 0.6 is 11.6 Å². The van der Waals surface area contributed by atoms with Crippen LogP contribution in [0.25, 0.3) is 5.57 Å². The molecule has 6 nitrogen and oxygen atoms in total. The molecule has 5 rings (SSSR count). The number of para-hydroxylation sites is 1. The number of hydrogen-bond donors (Lipinski definition) is 3. The normalized spacial score (nSPS) is 24.6. The minimum Gasteiger partial charge on any atom is -0.352 e. The van der Waals surface area contributed by atoms with Gasteiger partial charge < -0.3 is 11.1 Å². The third-order valence-electron chi connectivity index (χ3n) is 6.00. The van der Waals surface area contributed by atoms with Crippen molar-refractivity contribution in [2.24, 2.45) is 15.7 Å². The first-order valence-corrected chi connectivity index (χ1v) is 11.3. The van der Waals surface area contributed by atoms with E-state index in [9.17, 15) is 0 Å². The van der Waals surface area contributed by atoms with Crippen LogP contribution in [0.5, 0.6) is 0 Å². The number of halogens is 1. The predicted molar refractivity (Wildman–Crippen MR) is 128 cm³/mol. The van der Waals surface area contributed by atoms with Crippen LogP contribution in [-0.4, -0.2) is 41.9 Å². The van der Waals surface area contributed by atoms with E-state index < -0.39 is 0 Å². The van der Waals surface area contributed by atoms with Crippen LogP contribution in [0, 0.1) is 0 Å². The summed E-state index contributed by atoms with van der Waals surface area (Å²) in [5, 5.41) is 6.40. The summed E-state index contributed by atoms with van der Waals surface area (Å²) < 4.78 is 0. The van der Waals surface area contributed by atoms with E-state index in [0.29, 0.717) is 11.1 Å². The van der Waals surface area contributed by atoms with Crippen molar-refractivity contribution in [3.8, 4) is 0 Å². The number of hydrazine groups is 1. The zero-order valence-corrected chi connectivity index (χ0v) is 18.1. The molecule has 1 fully saturated rings. The van der Waals surface area contributed by atoms with E-state index in [1.54, 1.807) is 0 Å². The largest absolute Gasteiger partial charge is 0.352 e. The van der Waals surface area contributed by atoms with Gasteiger partial charge in [0, 0.05) is 16.8 Å². The van der Waals surface area contributed by atoms with Crippen LogP contribution in [0.15, 0.2) is 70.3 Å². The first kappa shape index (κ1) is 20.1. The predicted octanol–water partition coefficient (Wildman–Crippen LogP) is 4.06. The Hall–Kier alpha value is -2.83. The first-order valence-electron chi connectivity index (χ1n) is 10.9. The monoisotopic (exact) mass is 434 g/mol. The molecule has 31 heavy (non-hydrogen) atoms. The summed E-state index contributed by atoms with van der Waals surface area (Å²) in [6.45, 7) is 1.56. The second-order valence-electron chi connectivity index (χ2n) is 8.27. The number of fused-ring (bicyclic) bond motifs is 1. The molecule has 7 heteroatoms. The van der Waals surface area contributed by atoms with Gasteiger partial charge in [-0.05, 0) is 55.5 Å². The molecule has 0 amide bonds. The summed E-state index contributed by atoms with van der Waals surface area (Å²) in [5.41, 5.74) is 13.6. The van der Waals surface area contributed by atoms with Gasteiger partial charge in [0.15, 0.2) is 5.84 Å². The lowest BCUT2D eigenvalue weighted by Gasteiger charge is -2.34. The molecule has 2 aliphatic heterocycles. The second-order valence-corrected chi connectivity index (χ2v) is 8.70. The number of hydrogen-bond acceptors (Lipinski definition) is 5. The van der Waals surface area contributed by atoms with Crippen molar-refractivity contribution in [3.05, 3.63) is 70.9 Å². The topological polar surface area (TPSA) is 78.0 Å². The smallest absolute Gasteiger partial charge is 0.167 e. The molecule has 0 bridgehead atoms. The molecule has 2 heterocycles. The highest BCUT2D eigenvalue weighted by molar-refractivity contribution is 6.34. The highest BCUT2D eigenvalue weighted by Crippen LogP contribution is 2.31. The molecular formula is C24H27ClN6. The Labute approximate surface area is 187 Å². The number of rotatable bonds is 4. The van der Waals surface area contributed by atoms with E-state index in [1.807, 2.05) is 36.4 Å². The Morgan fingerprint density at radius 2 is 1.87 bits per heavy atom. The summed E-state index contributed by atoms with van der Waals surface area (Å²) >= 11 is 6.38. The minimum atomic E-state index is 0.260. The van der Waals surface area contributed by atoms with Gasteiger partial charge in [0.25, 0.3) is 0 Å². The van der Waals surface area contributed by atoms with Gasteiger partial charge in [-0.25, -0.2) is 0 Å². The number of nitrogens with zero attached hydrogens (tertiary/aromatic N) is 3. The van der Waals surface area contributed by atoms with Crippen molar-refractivity contribution in [2.75, 3.05) is 18.4 Å². The average Bonchev–Trinajstić information content (AvgIpc) is 3.25. The summed E-state index contributed by atoms with van der Waals surface area (Å²) in [6.07, 6.45) is 4.06. The van der Waals surface area contributed by atoms with Crippen molar-refractivity contribution in [1.82, 2.24) is 10.4 Å². The highest BCUT2D eigenvalue weighted by atomic mass is 35.5. The first-order chi connectivity index (χ1) is 15.2. The third kappa shape index (κ3) is 4.31. The van der Waals surface area contributed by atoms with E-state index in [1.165, 1.54) is 0 Å². The third-order valence-corrected chi connectivity index (χ3v) is 6.24. The lowest BCUT2D eigenvalue weighted by Crippen LogP contribution is -2.51. The molecule has 1 aliphatic carbocycles. The van der Waals surface area contributed by atoms with Crippen LogP contribution in [-0.2, 0) is 0 Å². The molecule has 0 atom stereocenters. The van der Waals surface area contributed by atoms with E-state index >= 15 is 0 Å². The number of anilines is 1. The zero-order chi connectivity index (χ0) is 21.2. The van der Waals surface area contributed by atoms with Gasteiger partial charge in [-0.15, -0.1) is 0 Å². The van der Waals surface area contributed by atoms with Gasteiger partial charge in [0.2, 0.25) is 0 Å². The molecule has 1 saturated carbocycles. The van der Waals surface area contributed by atoms with Gasteiger partial charge in [-0.1, -0.05) is 41.9 Å². The fourth-order valence-corrected chi connectivity index (χ4v) is 4.59. The molecule has 0 aromatic heterocycles. The summed E-state index contributed by atoms with van der Waals surface area (Å²) in [6, 6.07) is 18.7. The van der Waals surface area contributed by atoms with Gasteiger partial charge in [-0.3, -0.25) is 20.4 Å². The maximum absolute atomic E-state index is 6.38. The highest BCUT2D eigenvalue weighted by Gasteiger charge is 2.33. The van der Waals surface area contributed by atoms with Crippen LogP contribution in [0.2, 0.25) is 5.02 Å². The molecule has 0 spiro atoms. The maximum Gasteiger partial charge on any atom is 0.167 e. The Morgan fingerprint density at radius 1 is 1.06 bits per heavy atom. The molecule has 0 saturated heterocycles. The van der Waals surface area contributed by atoms with Crippen molar-refractivity contribution >= 4 is 34.5 Å². The summed E-state index contributed by atoms with van der Waals surface area (Å²) in [4.78, 5) is 9.96. The quantitative estimate of drug-likeness (QED) is 0.678. The Balaban J connectivity index is 1.63. The summed E-state index contributed by atoms with van der Waals surface area (Å²) in [7, 11) is 0. The Kier molecular flexibility index (Phi) is 5.66. The van der Waals surface area contributed by atoms with E-state index in [2.05, 4.69) is 34.0 Å². The molecule has 0 unspecified atom stereocenters. The van der Waals surface area contributed by atoms with E-state index in [-0.39, 0.29) is 6.04 Å². The lowest BCUT2D eigenvalue weighted by molar-refractivity contribution is 0.385. The van der Waals surface area contributed by atoms with Crippen molar-refractivity contribution in [1.29, 1.82) is 0 Å². The van der Waals surface area contributed by atoms with Gasteiger partial charge >= 0.3 is 0 Å². The summed E-state index contributed by atoms with van der Waals surface area (Å²) in [5.74, 6) is 1.77.